The van der Waals surface area contributed by atoms with Crippen LogP contribution < -0.4 is 10.2 Å². The number of sulfone groups is 1. The minimum atomic E-state index is -2.99. The first-order valence-electron chi connectivity index (χ1n) is 6.89. The van der Waals surface area contributed by atoms with Crippen LogP contribution in [0, 0.1) is 5.92 Å². The lowest BCUT2D eigenvalue weighted by Crippen LogP contribution is -2.21. The van der Waals surface area contributed by atoms with Crippen LogP contribution in [0.4, 0.5) is 0 Å². The molecule has 1 aromatic carbocycles. The van der Waals surface area contributed by atoms with Crippen LogP contribution in [-0.2, 0) is 14.6 Å². The van der Waals surface area contributed by atoms with Gasteiger partial charge in [-0.2, -0.15) is 5.10 Å². The zero-order chi connectivity index (χ0) is 17.0. The van der Waals surface area contributed by atoms with Crippen LogP contribution in [0.5, 0.6) is 11.5 Å². The van der Waals surface area contributed by atoms with Crippen molar-refractivity contribution in [1.82, 2.24) is 5.43 Å². The summed E-state index contributed by atoms with van der Waals surface area (Å²) in [6.07, 6.45) is 1.98. The van der Waals surface area contributed by atoms with Gasteiger partial charge >= 0.3 is 0 Å². The summed E-state index contributed by atoms with van der Waals surface area (Å²) in [5, 5.41) is 13.5. The number of nitrogens with zero attached hydrogens (tertiary/aromatic N) is 1. The molecule has 0 bridgehead atoms. The van der Waals surface area contributed by atoms with Gasteiger partial charge in [-0.1, -0.05) is 11.6 Å². The maximum absolute atomic E-state index is 11.7. The van der Waals surface area contributed by atoms with Crippen LogP contribution in [-0.4, -0.2) is 44.3 Å². The molecule has 7 nitrogen and oxygen atoms in total. The highest BCUT2D eigenvalue weighted by atomic mass is 35.5. The molecule has 1 amide bonds. The number of hydrazone groups is 1. The van der Waals surface area contributed by atoms with E-state index in [-0.39, 0.29) is 46.3 Å². The predicted molar refractivity (Wildman–Crippen MR) is 86.8 cm³/mol. The largest absolute Gasteiger partial charge is 0.503 e. The number of carbonyl (C=O) groups excluding carboxylic acids is 1. The zero-order valence-corrected chi connectivity index (χ0v) is 14.0. The number of carbonyl (C=O) groups is 1. The van der Waals surface area contributed by atoms with Gasteiger partial charge < -0.3 is 9.84 Å². The fourth-order valence-electron chi connectivity index (χ4n) is 2.34. The van der Waals surface area contributed by atoms with Crippen molar-refractivity contribution < 1.29 is 23.1 Å². The van der Waals surface area contributed by atoms with Gasteiger partial charge in [-0.25, -0.2) is 13.8 Å². The second-order valence-electron chi connectivity index (χ2n) is 5.32. The number of rotatable bonds is 5. The molecule has 1 aromatic rings. The molecule has 0 unspecified atom stereocenters. The molecule has 1 heterocycles. The normalized spacial score (nSPS) is 19.8. The van der Waals surface area contributed by atoms with Gasteiger partial charge in [0.2, 0.25) is 5.91 Å². The first kappa shape index (κ1) is 17.6. The summed E-state index contributed by atoms with van der Waals surface area (Å²) in [5.74, 6) is -0.285. The topological polar surface area (TPSA) is 105 Å². The van der Waals surface area contributed by atoms with Crippen LogP contribution in [0.25, 0.3) is 0 Å². The molecule has 0 aliphatic carbocycles. The third kappa shape index (κ3) is 4.84. The van der Waals surface area contributed by atoms with Crippen molar-refractivity contribution in [3.05, 3.63) is 22.7 Å². The number of halogens is 1. The average Bonchev–Trinajstić information content (AvgIpc) is 2.81. The number of hydrogen-bond acceptors (Lipinski definition) is 6. The molecular weight excluding hydrogens is 344 g/mol. The van der Waals surface area contributed by atoms with Crippen LogP contribution in [0.15, 0.2) is 17.2 Å². The molecule has 1 saturated heterocycles. The fraction of sp³-hybridized carbons (Fsp3) is 0.429. The van der Waals surface area contributed by atoms with Crippen LogP contribution in [0.3, 0.4) is 0 Å². The van der Waals surface area contributed by atoms with Gasteiger partial charge in [0.15, 0.2) is 21.3 Å². The summed E-state index contributed by atoms with van der Waals surface area (Å²) in [4.78, 5) is 11.7. The highest BCUT2D eigenvalue weighted by molar-refractivity contribution is 7.91. The number of ether oxygens (including phenoxy) is 1. The SMILES string of the molecule is COc1cc(/C=N/NC(=O)C[C@@H]2CCS(=O)(=O)C2)cc(Cl)c1O. The molecular formula is C14H17ClN2O5S. The van der Waals surface area contributed by atoms with E-state index in [2.05, 4.69) is 10.5 Å². The molecule has 0 aromatic heterocycles. The molecule has 0 saturated carbocycles. The molecule has 23 heavy (non-hydrogen) atoms. The van der Waals surface area contributed by atoms with E-state index in [9.17, 15) is 18.3 Å². The Morgan fingerprint density at radius 3 is 2.91 bits per heavy atom. The Balaban J connectivity index is 1.91. The minimum absolute atomic E-state index is 0.0505. The zero-order valence-electron chi connectivity index (χ0n) is 12.5. The Labute approximate surface area is 139 Å². The van der Waals surface area contributed by atoms with Crippen LogP contribution >= 0.6 is 11.6 Å². The van der Waals surface area contributed by atoms with Gasteiger partial charge in [0.1, 0.15) is 0 Å². The van der Waals surface area contributed by atoms with E-state index in [0.29, 0.717) is 12.0 Å². The predicted octanol–water partition coefficient (Wildman–Crippen LogP) is 1.33. The number of phenolic OH excluding ortho intramolecular Hbond substituents is 1. The molecule has 2 N–H and O–H groups in total. The molecule has 126 valence electrons. The second-order valence-corrected chi connectivity index (χ2v) is 7.96. The van der Waals surface area contributed by atoms with Gasteiger partial charge in [-0.05, 0) is 30.0 Å². The first-order valence-corrected chi connectivity index (χ1v) is 9.09. The monoisotopic (exact) mass is 360 g/mol. The van der Waals surface area contributed by atoms with E-state index in [1.165, 1.54) is 25.5 Å². The summed E-state index contributed by atoms with van der Waals surface area (Å²) in [7, 11) is -1.60. The van der Waals surface area contributed by atoms with Gasteiger partial charge in [-0.3, -0.25) is 4.79 Å². The lowest BCUT2D eigenvalue weighted by atomic mass is 10.1. The van der Waals surface area contributed by atoms with Crippen molar-refractivity contribution in [2.45, 2.75) is 12.8 Å². The summed E-state index contributed by atoms with van der Waals surface area (Å²) < 4.78 is 27.6. The number of hydrogen-bond donors (Lipinski definition) is 2. The number of nitrogens with one attached hydrogen (secondary N) is 1. The lowest BCUT2D eigenvalue weighted by Gasteiger charge is -2.07. The van der Waals surface area contributed by atoms with Crippen molar-refractivity contribution in [3.8, 4) is 11.5 Å². The molecule has 9 heteroatoms. The summed E-state index contributed by atoms with van der Waals surface area (Å²) in [6.45, 7) is 0. The van der Waals surface area contributed by atoms with E-state index in [1.807, 2.05) is 0 Å². The Bertz CT molecular complexity index is 733. The third-order valence-electron chi connectivity index (χ3n) is 3.47. The number of phenols is 1. The van der Waals surface area contributed by atoms with E-state index >= 15 is 0 Å². The summed E-state index contributed by atoms with van der Waals surface area (Å²) in [5.41, 5.74) is 2.88. The van der Waals surface area contributed by atoms with Gasteiger partial charge in [0, 0.05) is 6.42 Å². The van der Waals surface area contributed by atoms with Crippen molar-refractivity contribution in [1.29, 1.82) is 0 Å². The van der Waals surface area contributed by atoms with Crippen LogP contribution in [0.1, 0.15) is 18.4 Å². The maximum atomic E-state index is 11.7. The van der Waals surface area contributed by atoms with Gasteiger partial charge in [0.05, 0.1) is 29.9 Å². The first-order chi connectivity index (χ1) is 10.8. The van der Waals surface area contributed by atoms with Gasteiger partial charge in [0.25, 0.3) is 0 Å². The molecule has 0 spiro atoms. The highest BCUT2D eigenvalue weighted by Gasteiger charge is 2.29. The van der Waals surface area contributed by atoms with Gasteiger partial charge in [-0.15, -0.1) is 0 Å². The standard InChI is InChI=1S/C14H17ClN2O5S/c1-22-12-5-10(4-11(15)14(12)19)7-16-17-13(18)6-9-2-3-23(20,21)8-9/h4-5,7,9,19H,2-3,6,8H2,1H3,(H,17,18)/b16-7+/t9-/m0/s1. The Kier molecular flexibility index (Phi) is 5.48. The Morgan fingerprint density at radius 1 is 1.57 bits per heavy atom. The fourth-order valence-corrected chi connectivity index (χ4v) is 4.42. The molecule has 1 aliphatic rings. The van der Waals surface area contributed by atoms with E-state index < -0.39 is 9.84 Å². The summed E-state index contributed by atoms with van der Waals surface area (Å²) in [6, 6.07) is 2.99. The van der Waals surface area contributed by atoms with E-state index in [0.717, 1.165) is 0 Å². The van der Waals surface area contributed by atoms with Crippen molar-refractivity contribution in [2.24, 2.45) is 11.0 Å². The van der Waals surface area contributed by atoms with E-state index in [4.69, 9.17) is 16.3 Å². The van der Waals surface area contributed by atoms with Crippen molar-refractivity contribution >= 4 is 33.6 Å². The maximum Gasteiger partial charge on any atom is 0.240 e. The number of aromatic hydroxyl groups is 1. The number of methoxy groups -OCH3 is 1. The second kappa shape index (κ2) is 7.18. The number of amides is 1. The quantitative estimate of drug-likeness (QED) is 0.608. The highest BCUT2D eigenvalue weighted by Crippen LogP contribution is 2.34. The molecule has 1 atom stereocenters. The van der Waals surface area contributed by atoms with E-state index in [1.54, 1.807) is 0 Å². The third-order valence-corrected chi connectivity index (χ3v) is 5.60. The van der Waals surface area contributed by atoms with Crippen molar-refractivity contribution in [2.75, 3.05) is 18.6 Å². The summed E-state index contributed by atoms with van der Waals surface area (Å²) >= 11 is 5.84. The van der Waals surface area contributed by atoms with Crippen LogP contribution in [0.2, 0.25) is 5.02 Å². The molecule has 1 aliphatic heterocycles. The Hall–Kier alpha value is -1.80. The lowest BCUT2D eigenvalue weighted by molar-refractivity contribution is -0.121. The molecule has 0 radical (unpaired) electrons. The molecule has 2 rings (SSSR count). The minimum Gasteiger partial charge on any atom is -0.503 e. The Morgan fingerprint density at radius 2 is 2.30 bits per heavy atom. The smallest absolute Gasteiger partial charge is 0.240 e. The average molecular weight is 361 g/mol. The number of benzene rings is 1. The van der Waals surface area contributed by atoms with Crippen molar-refractivity contribution in [3.63, 3.8) is 0 Å². The molecule has 1 fully saturated rings.